The van der Waals surface area contributed by atoms with E-state index in [4.69, 9.17) is 5.26 Å². The molecule has 0 heterocycles. The highest BCUT2D eigenvalue weighted by atomic mass is 32.2. The number of sulfone groups is 1. The molecular weight excluding hydrogens is 288 g/mol. The first-order valence-corrected chi connectivity index (χ1v) is 8.35. The van der Waals surface area contributed by atoms with Crippen LogP contribution >= 0.6 is 0 Å². The standard InChI is InChI=1S/C15H22N2O3S/c1-14(2,15(3,4)18)17-9-10-21(19,20)13-7-5-12(11-16)6-8-13/h5-8,17-18H,9-10H2,1-4H3. The summed E-state index contributed by atoms with van der Waals surface area (Å²) >= 11 is 0. The van der Waals surface area contributed by atoms with Crippen molar-refractivity contribution in [3.8, 4) is 6.07 Å². The third-order valence-corrected chi connectivity index (χ3v) is 5.54. The van der Waals surface area contributed by atoms with Crippen LogP contribution in [-0.2, 0) is 9.84 Å². The zero-order valence-electron chi connectivity index (χ0n) is 12.8. The number of nitrogens with zero attached hydrogens (tertiary/aromatic N) is 1. The van der Waals surface area contributed by atoms with Crippen molar-refractivity contribution in [3.05, 3.63) is 29.8 Å². The summed E-state index contributed by atoms with van der Waals surface area (Å²) in [6, 6.07) is 7.80. The maximum absolute atomic E-state index is 12.2. The molecule has 1 aromatic rings. The third-order valence-electron chi connectivity index (χ3n) is 3.81. The van der Waals surface area contributed by atoms with Crippen LogP contribution in [0.2, 0.25) is 0 Å². The number of rotatable bonds is 6. The van der Waals surface area contributed by atoms with Gasteiger partial charge in [-0.15, -0.1) is 0 Å². The lowest BCUT2D eigenvalue weighted by Crippen LogP contribution is -2.56. The van der Waals surface area contributed by atoms with E-state index in [-0.39, 0.29) is 17.2 Å². The summed E-state index contributed by atoms with van der Waals surface area (Å²) in [5, 5.41) is 21.8. The first kappa shape index (κ1) is 17.6. The van der Waals surface area contributed by atoms with E-state index in [1.165, 1.54) is 24.3 Å². The molecule has 21 heavy (non-hydrogen) atoms. The van der Waals surface area contributed by atoms with Gasteiger partial charge < -0.3 is 10.4 Å². The minimum atomic E-state index is -3.41. The molecule has 0 aliphatic heterocycles. The molecular formula is C15H22N2O3S. The zero-order valence-corrected chi connectivity index (χ0v) is 13.7. The molecule has 0 aliphatic rings. The second-order valence-electron chi connectivity index (χ2n) is 6.07. The summed E-state index contributed by atoms with van der Waals surface area (Å²) < 4.78 is 24.4. The average molecular weight is 310 g/mol. The number of hydrogen-bond donors (Lipinski definition) is 2. The number of benzene rings is 1. The van der Waals surface area contributed by atoms with Gasteiger partial charge in [-0.05, 0) is 52.0 Å². The topological polar surface area (TPSA) is 90.2 Å². The van der Waals surface area contributed by atoms with Gasteiger partial charge >= 0.3 is 0 Å². The lowest BCUT2D eigenvalue weighted by atomic mass is 9.86. The molecule has 0 aliphatic carbocycles. The van der Waals surface area contributed by atoms with Crippen LogP contribution in [0.1, 0.15) is 33.3 Å². The van der Waals surface area contributed by atoms with Crippen LogP contribution in [0.4, 0.5) is 0 Å². The lowest BCUT2D eigenvalue weighted by molar-refractivity contribution is -0.00346. The molecule has 0 amide bonds. The molecule has 2 N–H and O–H groups in total. The molecule has 0 saturated heterocycles. The Hall–Kier alpha value is -1.42. The molecule has 0 fully saturated rings. The second-order valence-corrected chi connectivity index (χ2v) is 8.17. The molecule has 0 unspecified atom stereocenters. The quantitative estimate of drug-likeness (QED) is 0.830. The van der Waals surface area contributed by atoms with E-state index in [0.717, 1.165) is 0 Å². The molecule has 0 radical (unpaired) electrons. The van der Waals surface area contributed by atoms with Crippen LogP contribution in [0.3, 0.4) is 0 Å². The van der Waals surface area contributed by atoms with Crippen LogP contribution in [0.25, 0.3) is 0 Å². The highest BCUT2D eigenvalue weighted by molar-refractivity contribution is 7.91. The monoisotopic (exact) mass is 310 g/mol. The fourth-order valence-corrected chi connectivity index (χ4v) is 2.73. The molecule has 1 aromatic carbocycles. The van der Waals surface area contributed by atoms with Crippen LogP contribution in [0.5, 0.6) is 0 Å². The van der Waals surface area contributed by atoms with Crippen molar-refractivity contribution in [2.75, 3.05) is 12.3 Å². The van der Waals surface area contributed by atoms with Gasteiger partial charge in [0.1, 0.15) is 0 Å². The fraction of sp³-hybridized carbons (Fsp3) is 0.533. The first-order chi connectivity index (χ1) is 9.49. The van der Waals surface area contributed by atoms with E-state index < -0.39 is 21.0 Å². The Morgan fingerprint density at radius 1 is 1.19 bits per heavy atom. The predicted octanol–water partition coefficient (Wildman–Crippen LogP) is 1.47. The summed E-state index contributed by atoms with van der Waals surface area (Å²) in [6.07, 6.45) is 0. The van der Waals surface area contributed by atoms with Crippen molar-refractivity contribution in [3.63, 3.8) is 0 Å². The van der Waals surface area contributed by atoms with Gasteiger partial charge in [0.2, 0.25) is 0 Å². The van der Waals surface area contributed by atoms with Gasteiger partial charge in [0.05, 0.1) is 27.9 Å². The Bertz CT molecular complexity index is 620. The largest absolute Gasteiger partial charge is 0.389 e. The maximum Gasteiger partial charge on any atom is 0.179 e. The van der Waals surface area contributed by atoms with Crippen LogP contribution < -0.4 is 5.32 Å². The SMILES string of the molecule is CC(C)(O)C(C)(C)NCCS(=O)(=O)c1ccc(C#N)cc1. The van der Waals surface area contributed by atoms with E-state index in [1.807, 2.05) is 19.9 Å². The van der Waals surface area contributed by atoms with Crippen molar-refractivity contribution in [2.45, 2.75) is 43.7 Å². The van der Waals surface area contributed by atoms with E-state index in [2.05, 4.69) is 5.32 Å². The molecule has 0 spiro atoms. The van der Waals surface area contributed by atoms with Gasteiger partial charge in [0.15, 0.2) is 9.84 Å². The number of hydrogen-bond acceptors (Lipinski definition) is 5. The first-order valence-electron chi connectivity index (χ1n) is 6.70. The number of nitriles is 1. The van der Waals surface area contributed by atoms with E-state index in [1.54, 1.807) is 13.8 Å². The number of nitrogens with one attached hydrogen (secondary N) is 1. The highest BCUT2D eigenvalue weighted by Crippen LogP contribution is 2.20. The summed E-state index contributed by atoms with van der Waals surface area (Å²) in [6.45, 7) is 7.23. The molecule has 6 heteroatoms. The van der Waals surface area contributed by atoms with E-state index in [9.17, 15) is 13.5 Å². The molecule has 0 saturated carbocycles. The molecule has 5 nitrogen and oxygen atoms in total. The Morgan fingerprint density at radius 3 is 2.14 bits per heavy atom. The van der Waals surface area contributed by atoms with Crippen molar-refractivity contribution in [2.24, 2.45) is 0 Å². The predicted molar refractivity (Wildman–Crippen MR) is 81.6 cm³/mol. The van der Waals surface area contributed by atoms with Crippen molar-refractivity contribution in [1.82, 2.24) is 5.32 Å². The lowest BCUT2D eigenvalue weighted by Gasteiger charge is -2.38. The zero-order chi connectivity index (χ0) is 16.3. The summed E-state index contributed by atoms with van der Waals surface area (Å²) in [5.41, 5.74) is -1.14. The smallest absolute Gasteiger partial charge is 0.179 e. The van der Waals surface area contributed by atoms with Crippen molar-refractivity contribution >= 4 is 9.84 Å². The Labute approximate surface area is 126 Å². The molecule has 0 bridgehead atoms. The van der Waals surface area contributed by atoms with Gasteiger partial charge in [-0.25, -0.2) is 8.42 Å². The van der Waals surface area contributed by atoms with Crippen molar-refractivity contribution < 1.29 is 13.5 Å². The van der Waals surface area contributed by atoms with Crippen LogP contribution in [-0.4, -0.2) is 37.0 Å². The number of aliphatic hydroxyl groups is 1. The van der Waals surface area contributed by atoms with Gasteiger partial charge in [0.25, 0.3) is 0 Å². The Kier molecular flexibility index (Phi) is 5.16. The third kappa shape index (κ3) is 4.53. The van der Waals surface area contributed by atoms with E-state index in [0.29, 0.717) is 5.56 Å². The van der Waals surface area contributed by atoms with Gasteiger partial charge in [0, 0.05) is 12.1 Å². The van der Waals surface area contributed by atoms with Gasteiger partial charge in [-0.1, -0.05) is 0 Å². The van der Waals surface area contributed by atoms with Gasteiger partial charge in [-0.3, -0.25) is 0 Å². The second kappa shape index (κ2) is 6.14. The fourth-order valence-electron chi connectivity index (χ4n) is 1.57. The van der Waals surface area contributed by atoms with Crippen molar-refractivity contribution in [1.29, 1.82) is 5.26 Å². The van der Waals surface area contributed by atoms with E-state index >= 15 is 0 Å². The molecule has 116 valence electrons. The molecule has 1 rings (SSSR count). The summed E-state index contributed by atoms with van der Waals surface area (Å²) in [7, 11) is -3.41. The van der Waals surface area contributed by atoms with Crippen LogP contribution in [0.15, 0.2) is 29.2 Å². The molecule has 0 aromatic heterocycles. The Morgan fingerprint density at radius 2 is 1.71 bits per heavy atom. The Balaban J connectivity index is 2.72. The highest BCUT2D eigenvalue weighted by Gasteiger charge is 2.34. The minimum Gasteiger partial charge on any atom is -0.389 e. The minimum absolute atomic E-state index is 0.0710. The van der Waals surface area contributed by atoms with Gasteiger partial charge in [-0.2, -0.15) is 5.26 Å². The average Bonchev–Trinajstić information content (AvgIpc) is 2.37. The summed E-state index contributed by atoms with van der Waals surface area (Å²) in [4.78, 5) is 0.198. The normalized spacial score (nSPS) is 13.0. The maximum atomic E-state index is 12.2. The van der Waals surface area contributed by atoms with Crippen LogP contribution in [0, 0.1) is 11.3 Å². The summed E-state index contributed by atoms with van der Waals surface area (Å²) in [5.74, 6) is -0.0710. The molecule has 0 atom stereocenters.